The second kappa shape index (κ2) is 38.1. The minimum Gasteiger partial charge on any atom is -0.497 e. The number of methoxy groups -OCH3 is 6. The molecule has 0 heterocycles. The van der Waals surface area contributed by atoms with Crippen molar-refractivity contribution in [1.29, 1.82) is 0 Å². The Morgan fingerprint density at radius 1 is 0.286 bits per heavy atom. The van der Waals surface area contributed by atoms with Crippen molar-refractivity contribution in [2.24, 2.45) is 0 Å². The fourth-order valence-electron chi connectivity index (χ4n) is 9.38. The molecule has 458 valence electrons. The molecule has 0 aliphatic heterocycles. The predicted molar refractivity (Wildman–Crippen MR) is 317 cm³/mol. The summed E-state index contributed by atoms with van der Waals surface area (Å²) in [6.45, 7) is 4.54. The fourth-order valence-corrected chi connectivity index (χ4v) is 9.38. The Hall–Kier alpha value is -6.04. The summed E-state index contributed by atoms with van der Waals surface area (Å²) in [6, 6.07) is 50.1. The second-order valence-electron chi connectivity index (χ2n) is 19.1. The van der Waals surface area contributed by atoms with Gasteiger partial charge >= 0.3 is 0 Å². The van der Waals surface area contributed by atoms with E-state index in [0.29, 0.717) is 89.1 Å². The van der Waals surface area contributed by atoms with Gasteiger partial charge in [-0.2, -0.15) is 0 Å². The summed E-state index contributed by atoms with van der Waals surface area (Å²) in [5.41, 5.74) is 1.97. The highest BCUT2D eigenvalue weighted by atomic mass is 16.6. The van der Waals surface area contributed by atoms with Gasteiger partial charge in [-0.3, -0.25) is 0 Å². The Balaban J connectivity index is 1.35. The van der Waals surface area contributed by atoms with Gasteiger partial charge in [0.2, 0.25) is 0 Å². The van der Waals surface area contributed by atoms with Crippen molar-refractivity contribution >= 4 is 0 Å². The standard InChI is InChI=1S/C66H86O18/c1-69-33-35-75-37-39-77-41-43-79-45-47-81-61(49-83-65(51-13-9-7-10-14-51,53-17-25-57(71-3)26-18-53)54-19-27-58(72-4)28-20-54)63(67)64(68)62(82-48-46-80-44-42-78-40-38-76-36-34-70-2)50-84-66(52-15-11-8-12-16-52,55-21-29-59(73-5)30-22-55)56-23-31-60(74-6)32-24-56/h7-32,61-64,67-68H,33-50H2,1-6H3/t61-,62-,63?,64?/m1/s1. The molecule has 0 fully saturated rings. The highest BCUT2D eigenvalue weighted by molar-refractivity contribution is 5.51. The first-order valence-corrected chi connectivity index (χ1v) is 28.3. The molecule has 84 heavy (non-hydrogen) atoms. The first kappa shape index (κ1) is 67.1. The molecular formula is C66H86O18. The Labute approximate surface area is 495 Å². The summed E-state index contributed by atoms with van der Waals surface area (Å²) in [6.07, 6.45) is -5.73. The maximum Gasteiger partial charge on any atom is 0.143 e. The van der Waals surface area contributed by atoms with Gasteiger partial charge < -0.3 is 86.0 Å². The largest absolute Gasteiger partial charge is 0.497 e. The van der Waals surface area contributed by atoms with Crippen molar-refractivity contribution in [3.63, 3.8) is 0 Å². The van der Waals surface area contributed by atoms with Crippen LogP contribution in [0, 0.1) is 0 Å². The summed E-state index contributed by atoms with van der Waals surface area (Å²) >= 11 is 0. The highest BCUT2D eigenvalue weighted by Gasteiger charge is 2.44. The summed E-state index contributed by atoms with van der Waals surface area (Å²) in [5, 5.41) is 25.7. The Morgan fingerprint density at radius 3 is 0.750 bits per heavy atom. The molecule has 4 atom stereocenters. The van der Waals surface area contributed by atoms with Crippen molar-refractivity contribution < 1.29 is 86.0 Å². The molecular weight excluding hydrogens is 1080 g/mol. The van der Waals surface area contributed by atoms with Crippen LogP contribution in [0.15, 0.2) is 158 Å². The topological polar surface area (TPSA) is 188 Å². The van der Waals surface area contributed by atoms with Crippen LogP contribution in [0.4, 0.5) is 0 Å². The normalized spacial score (nSPS) is 13.3. The first-order chi connectivity index (χ1) is 41.3. The van der Waals surface area contributed by atoms with Gasteiger partial charge in [-0.25, -0.2) is 0 Å². The van der Waals surface area contributed by atoms with E-state index in [9.17, 15) is 10.2 Å². The maximum atomic E-state index is 12.9. The van der Waals surface area contributed by atoms with E-state index in [2.05, 4.69) is 0 Å². The molecule has 0 bridgehead atoms. The van der Waals surface area contributed by atoms with Crippen LogP contribution in [-0.2, 0) is 68.0 Å². The number of rotatable bonds is 45. The summed E-state index contributed by atoms with van der Waals surface area (Å²) in [5.74, 6) is 2.60. The molecule has 18 nitrogen and oxygen atoms in total. The molecule has 0 radical (unpaired) electrons. The zero-order valence-electron chi connectivity index (χ0n) is 49.5. The van der Waals surface area contributed by atoms with Crippen LogP contribution in [0.5, 0.6) is 23.0 Å². The lowest BCUT2D eigenvalue weighted by Gasteiger charge is -2.40. The van der Waals surface area contributed by atoms with Crippen molar-refractivity contribution in [3.8, 4) is 23.0 Å². The predicted octanol–water partition coefficient (Wildman–Crippen LogP) is 7.92. The zero-order valence-corrected chi connectivity index (χ0v) is 49.5. The molecule has 6 aromatic rings. The van der Waals surface area contributed by atoms with E-state index in [1.165, 1.54) is 0 Å². The van der Waals surface area contributed by atoms with Gasteiger partial charge in [-0.05, 0) is 81.9 Å². The average Bonchev–Trinajstić information content (AvgIpc) is 1.53. The summed E-state index contributed by atoms with van der Waals surface area (Å²) in [7, 11) is 9.69. The third-order valence-electron chi connectivity index (χ3n) is 13.9. The van der Waals surface area contributed by atoms with Gasteiger partial charge in [-0.15, -0.1) is 0 Å². The van der Waals surface area contributed by atoms with Gasteiger partial charge in [0.05, 0.1) is 147 Å². The third kappa shape index (κ3) is 20.0. The van der Waals surface area contributed by atoms with Crippen LogP contribution in [-0.4, -0.2) is 196 Å². The van der Waals surface area contributed by atoms with Crippen LogP contribution in [0.3, 0.4) is 0 Å². The molecule has 0 aromatic heterocycles. The van der Waals surface area contributed by atoms with E-state index >= 15 is 0 Å². The molecule has 18 heteroatoms. The molecule has 0 saturated heterocycles. The first-order valence-electron chi connectivity index (χ1n) is 28.3. The molecule has 0 aliphatic rings. The fraction of sp³-hybridized carbons (Fsp3) is 0.455. The van der Waals surface area contributed by atoms with Crippen LogP contribution in [0.25, 0.3) is 0 Å². The van der Waals surface area contributed by atoms with Gasteiger partial charge in [0.25, 0.3) is 0 Å². The molecule has 2 unspecified atom stereocenters. The van der Waals surface area contributed by atoms with Gasteiger partial charge in [0.1, 0.15) is 58.6 Å². The van der Waals surface area contributed by atoms with Crippen molar-refractivity contribution in [2.45, 2.75) is 35.6 Å². The third-order valence-corrected chi connectivity index (χ3v) is 13.9. The molecule has 2 N–H and O–H groups in total. The quantitative estimate of drug-likeness (QED) is 0.0277. The summed E-state index contributed by atoms with van der Waals surface area (Å²) in [4.78, 5) is 0. The zero-order chi connectivity index (χ0) is 59.5. The van der Waals surface area contributed by atoms with E-state index in [1.54, 1.807) is 42.7 Å². The lowest BCUT2D eigenvalue weighted by atomic mass is 9.79. The smallest absolute Gasteiger partial charge is 0.143 e. The van der Waals surface area contributed by atoms with E-state index in [0.717, 1.165) is 33.4 Å². The number of aliphatic hydroxyl groups excluding tert-OH is 2. The van der Waals surface area contributed by atoms with Gasteiger partial charge in [0.15, 0.2) is 0 Å². The molecule has 0 amide bonds. The Morgan fingerprint density at radius 2 is 0.512 bits per heavy atom. The minimum atomic E-state index is -1.66. The number of aliphatic hydroxyl groups is 2. The number of ether oxygens (including phenoxy) is 16. The molecule has 0 saturated carbocycles. The van der Waals surface area contributed by atoms with Crippen molar-refractivity contribution in [3.05, 3.63) is 191 Å². The highest BCUT2D eigenvalue weighted by Crippen LogP contribution is 2.44. The minimum absolute atomic E-state index is 0.00458. The lowest BCUT2D eigenvalue weighted by Crippen LogP contribution is -2.52. The number of hydrogen-bond donors (Lipinski definition) is 2. The van der Waals surface area contributed by atoms with E-state index in [1.807, 2.05) is 158 Å². The molecule has 0 spiro atoms. The van der Waals surface area contributed by atoms with Gasteiger partial charge in [0, 0.05) is 14.2 Å². The van der Waals surface area contributed by atoms with Crippen LogP contribution >= 0.6 is 0 Å². The maximum absolute atomic E-state index is 12.9. The monoisotopic (exact) mass is 1170 g/mol. The van der Waals surface area contributed by atoms with Crippen molar-refractivity contribution in [2.75, 3.05) is 162 Å². The van der Waals surface area contributed by atoms with E-state index in [-0.39, 0.29) is 52.9 Å². The van der Waals surface area contributed by atoms with Crippen LogP contribution in [0.1, 0.15) is 33.4 Å². The number of benzene rings is 6. The molecule has 6 aromatic carbocycles. The lowest BCUT2D eigenvalue weighted by molar-refractivity contribution is -0.181. The molecule has 6 rings (SSSR count). The van der Waals surface area contributed by atoms with Crippen molar-refractivity contribution in [1.82, 2.24) is 0 Å². The number of hydrogen-bond acceptors (Lipinski definition) is 18. The van der Waals surface area contributed by atoms with E-state index < -0.39 is 35.6 Å². The van der Waals surface area contributed by atoms with Crippen LogP contribution < -0.4 is 18.9 Å². The van der Waals surface area contributed by atoms with Crippen LogP contribution in [0.2, 0.25) is 0 Å². The molecule has 0 aliphatic carbocycles. The summed E-state index contributed by atoms with van der Waals surface area (Å²) < 4.78 is 94.6. The second-order valence-corrected chi connectivity index (χ2v) is 19.1. The Kier molecular flexibility index (Phi) is 30.4. The van der Waals surface area contributed by atoms with Gasteiger partial charge in [-0.1, -0.05) is 109 Å². The average molecular weight is 1170 g/mol. The van der Waals surface area contributed by atoms with E-state index in [4.69, 9.17) is 75.8 Å². The SMILES string of the molecule is COCCOCCOCCOCCO[C@H](COC(c1ccccc1)(c1ccc(OC)cc1)c1ccc(OC)cc1)C(O)C(O)[C@@H](COC(c1ccccc1)(c1ccc(OC)cc1)c1ccc(OC)cc1)OCCOCCOCCOCCOC. The Bertz CT molecular complexity index is 2330.